The van der Waals surface area contributed by atoms with Crippen LogP contribution in [0.4, 0.5) is 28.9 Å². The molecule has 22 heavy (non-hydrogen) atoms. The molecule has 1 unspecified atom stereocenters. The van der Waals surface area contributed by atoms with E-state index in [1.165, 1.54) is 19.2 Å². The molecule has 5 nitrogen and oxygen atoms in total. The Hall–Kier alpha value is -1.87. The Labute approximate surface area is 124 Å². The summed E-state index contributed by atoms with van der Waals surface area (Å²) in [5, 5.41) is 11.2. The number of aliphatic hydroxyl groups is 1. The quantitative estimate of drug-likeness (QED) is 0.549. The Morgan fingerprint density at radius 3 is 2.68 bits per heavy atom. The number of alkyl halides is 3. The minimum atomic E-state index is -4.71. The van der Waals surface area contributed by atoms with Gasteiger partial charge in [-0.3, -0.25) is 4.79 Å². The highest BCUT2D eigenvalue weighted by Gasteiger charge is 2.38. The highest BCUT2D eigenvalue weighted by molar-refractivity contribution is 5.91. The van der Waals surface area contributed by atoms with Crippen molar-refractivity contribution in [2.75, 3.05) is 31.2 Å². The molecule has 0 saturated carbocycles. The maximum absolute atomic E-state index is 13.4. The number of rotatable bonds is 6. The number of likely N-dealkylation sites (N-methyl/N-ethyl adjacent to an activating group) is 1. The van der Waals surface area contributed by atoms with E-state index in [1.807, 2.05) is 0 Å². The van der Waals surface area contributed by atoms with Gasteiger partial charge < -0.3 is 21.1 Å². The van der Waals surface area contributed by atoms with Crippen molar-refractivity contribution < 1.29 is 27.5 Å². The van der Waals surface area contributed by atoms with Gasteiger partial charge in [-0.05, 0) is 25.2 Å². The Kier molecular flexibility index (Phi) is 6.12. The summed E-state index contributed by atoms with van der Waals surface area (Å²) in [7, 11) is 1.34. The molecule has 124 valence electrons. The highest BCUT2D eigenvalue weighted by atomic mass is 19.4. The molecular weight excluding hydrogens is 306 g/mol. The molecule has 0 aromatic heterocycles. The van der Waals surface area contributed by atoms with Crippen LogP contribution in [0.3, 0.4) is 0 Å². The number of amides is 1. The van der Waals surface area contributed by atoms with Gasteiger partial charge in [0.25, 0.3) is 0 Å². The van der Waals surface area contributed by atoms with Crippen LogP contribution in [-0.2, 0) is 4.79 Å². The number of halogens is 4. The SMILES string of the molecule is CN(CCC(=O)Nc1cc(N)ccc1F)CC(O)C(F)(F)F. The number of nitrogens with two attached hydrogens (primary N) is 1. The number of anilines is 2. The minimum absolute atomic E-state index is 0.0249. The Morgan fingerprint density at radius 2 is 2.09 bits per heavy atom. The van der Waals surface area contributed by atoms with Crippen molar-refractivity contribution in [2.45, 2.75) is 18.7 Å². The molecule has 4 N–H and O–H groups in total. The molecule has 1 aromatic carbocycles. The molecule has 0 bridgehead atoms. The fraction of sp³-hybridized carbons (Fsp3) is 0.462. The molecule has 0 spiro atoms. The van der Waals surface area contributed by atoms with Crippen LogP contribution in [0.1, 0.15) is 6.42 Å². The summed E-state index contributed by atoms with van der Waals surface area (Å²) < 4.78 is 49.9. The van der Waals surface area contributed by atoms with E-state index in [1.54, 1.807) is 0 Å². The van der Waals surface area contributed by atoms with E-state index in [4.69, 9.17) is 10.8 Å². The standard InChI is InChI=1S/C13H17F4N3O2/c1-20(7-11(21)13(15,16)17)5-4-12(22)19-10-6-8(18)2-3-9(10)14/h2-3,6,11,21H,4-5,7,18H2,1H3,(H,19,22). The lowest BCUT2D eigenvalue weighted by Gasteiger charge is -2.21. The van der Waals surface area contributed by atoms with Gasteiger partial charge in [0.2, 0.25) is 5.91 Å². The minimum Gasteiger partial charge on any atom is -0.399 e. The van der Waals surface area contributed by atoms with E-state index < -0.39 is 30.5 Å². The van der Waals surface area contributed by atoms with Crippen LogP contribution in [0.5, 0.6) is 0 Å². The van der Waals surface area contributed by atoms with Gasteiger partial charge in [0.05, 0.1) is 5.69 Å². The predicted octanol–water partition coefficient (Wildman–Crippen LogP) is 1.59. The van der Waals surface area contributed by atoms with Crippen molar-refractivity contribution in [1.29, 1.82) is 0 Å². The molecule has 0 radical (unpaired) electrons. The first-order valence-corrected chi connectivity index (χ1v) is 6.38. The van der Waals surface area contributed by atoms with Crippen molar-refractivity contribution in [2.24, 2.45) is 0 Å². The molecule has 0 fully saturated rings. The summed E-state index contributed by atoms with van der Waals surface area (Å²) in [4.78, 5) is 12.8. The summed E-state index contributed by atoms with van der Waals surface area (Å²) in [6, 6.07) is 3.67. The van der Waals surface area contributed by atoms with Crippen LogP contribution < -0.4 is 11.1 Å². The lowest BCUT2D eigenvalue weighted by Crippen LogP contribution is -2.40. The highest BCUT2D eigenvalue weighted by Crippen LogP contribution is 2.20. The van der Waals surface area contributed by atoms with E-state index >= 15 is 0 Å². The molecule has 9 heteroatoms. The molecule has 0 heterocycles. The Bertz CT molecular complexity index is 522. The second-order valence-corrected chi connectivity index (χ2v) is 4.86. The second kappa shape index (κ2) is 7.41. The third-order valence-corrected chi connectivity index (χ3v) is 2.85. The van der Waals surface area contributed by atoms with Crippen LogP contribution in [0.25, 0.3) is 0 Å². The molecule has 1 rings (SSSR count). The molecule has 0 aliphatic heterocycles. The summed E-state index contributed by atoms with van der Waals surface area (Å²) in [5.74, 6) is -1.23. The van der Waals surface area contributed by atoms with Crippen molar-refractivity contribution in [3.05, 3.63) is 24.0 Å². The number of hydrogen-bond acceptors (Lipinski definition) is 4. The normalized spacial score (nSPS) is 13.2. The van der Waals surface area contributed by atoms with Gasteiger partial charge in [0.15, 0.2) is 6.10 Å². The predicted molar refractivity (Wildman–Crippen MR) is 73.6 cm³/mol. The third-order valence-electron chi connectivity index (χ3n) is 2.85. The van der Waals surface area contributed by atoms with Crippen LogP contribution in [-0.4, -0.2) is 48.3 Å². The Morgan fingerprint density at radius 1 is 1.45 bits per heavy atom. The number of nitrogen functional groups attached to an aromatic ring is 1. The maximum atomic E-state index is 13.4. The molecule has 0 aliphatic rings. The van der Waals surface area contributed by atoms with Gasteiger partial charge in [-0.1, -0.05) is 0 Å². The molecule has 0 aliphatic carbocycles. The first-order chi connectivity index (χ1) is 10.1. The Balaban J connectivity index is 2.44. The van der Waals surface area contributed by atoms with Crippen LogP contribution in [0, 0.1) is 5.82 Å². The third kappa shape index (κ3) is 5.86. The monoisotopic (exact) mass is 323 g/mol. The largest absolute Gasteiger partial charge is 0.415 e. The van der Waals surface area contributed by atoms with Crippen molar-refractivity contribution in [3.63, 3.8) is 0 Å². The molecule has 1 aromatic rings. The van der Waals surface area contributed by atoms with Gasteiger partial charge in [0, 0.05) is 25.2 Å². The van der Waals surface area contributed by atoms with Crippen LogP contribution in [0.15, 0.2) is 18.2 Å². The van der Waals surface area contributed by atoms with E-state index in [2.05, 4.69) is 5.32 Å². The summed E-state index contributed by atoms with van der Waals surface area (Å²) in [5.41, 5.74) is 5.63. The van der Waals surface area contributed by atoms with Gasteiger partial charge in [-0.15, -0.1) is 0 Å². The van der Waals surface area contributed by atoms with E-state index in [0.717, 1.165) is 11.0 Å². The van der Waals surface area contributed by atoms with Crippen molar-refractivity contribution in [3.8, 4) is 0 Å². The first kappa shape index (κ1) is 18.2. The number of nitrogens with zero attached hydrogens (tertiary/aromatic N) is 1. The lowest BCUT2D eigenvalue weighted by atomic mass is 10.2. The first-order valence-electron chi connectivity index (χ1n) is 6.38. The van der Waals surface area contributed by atoms with Crippen LogP contribution in [0.2, 0.25) is 0 Å². The number of benzene rings is 1. The molecular formula is C13H17F4N3O2. The van der Waals surface area contributed by atoms with E-state index in [9.17, 15) is 22.4 Å². The van der Waals surface area contributed by atoms with Gasteiger partial charge >= 0.3 is 6.18 Å². The zero-order chi connectivity index (χ0) is 16.9. The van der Waals surface area contributed by atoms with E-state index in [0.29, 0.717) is 0 Å². The molecule has 1 atom stereocenters. The fourth-order valence-electron chi connectivity index (χ4n) is 1.63. The van der Waals surface area contributed by atoms with Gasteiger partial charge in [-0.2, -0.15) is 13.2 Å². The smallest absolute Gasteiger partial charge is 0.399 e. The van der Waals surface area contributed by atoms with Crippen LogP contribution >= 0.6 is 0 Å². The van der Waals surface area contributed by atoms with Gasteiger partial charge in [0.1, 0.15) is 5.82 Å². The van der Waals surface area contributed by atoms with E-state index in [-0.39, 0.29) is 24.3 Å². The lowest BCUT2D eigenvalue weighted by molar-refractivity contribution is -0.207. The number of carbonyl (C=O) groups is 1. The molecule has 1 amide bonds. The number of hydrogen-bond donors (Lipinski definition) is 3. The number of aliphatic hydroxyl groups excluding tert-OH is 1. The maximum Gasteiger partial charge on any atom is 0.415 e. The fourth-order valence-corrected chi connectivity index (χ4v) is 1.63. The number of nitrogens with one attached hydrogen (secondary N) is 1. The van der Waals surface area contributed by atoms with Crippen molar-refractivity contribution in [1.82, 2.24) is 4.90 Å². The average Bonchev–Trinajstić information content (AvgIpc) is 2.39. The molecule has 0 saturated heterocycles. The van der Waals surface area contributed by atoms with Crippen molar-refractivity contribution >= 4 is 17.3 Å². The summed E-state index contributed by atoms with van der Waals surface area (Å²) in [6.07, 6.45) is -7.34. The second-order valence-electron chi connectivity index (χ2n) is 4.86. The van der Waals surface area contributed by atoms with Gasteiger partial charge in [-0.25, -0.2) is 4.39 Å². The summed E-state index contributed by atoms with van der Waals surface area (Å²) in [6.45, 7) is -0.674. The number of carbonyl (C=O) groups excluding carboxylic acids is 1. The average molecular weight is 323 g/mol. The topological polar surface area (TPSA) is 78.6 Å². The summed E-state index contributed by atoms with van der Waals surface area (Å²) >= 11 is 0. The zero-order valence-electron chi connectivity index (χ0n) is 11.8. The zero-order valence-corrected chi connectivity index (χ0v) is 11.8.